The fourth-order valence-electron chi connectivity index (χ4n) is 2.71. The standard InChI is InChI=1S/C22H17BrCl2N2O3/c1-12-13(2)30-22(17(12)9-26)27-10-14-6-18(23)21(20(7-14)28-3)29-11-15-4-5-16(24)8-19(15)25/h4-8,10H,11H2,1-3H3. The van der Waals surface area contributed by atoms with Crippen molar-refractivity contribution in [3.63, 3.8) is 0 Å². The number of furan rings is 1. The molecule has 3 rings (SSSR count). The smallest absolute Gasteiger partial charge is 0.237 e. The Balaban J connectivity index is 1.85. The highest BCUT2D eigenvalue weighted by Gasteiger charge is 2.15. The van der Waals surface area contributed by atoms with Gasteiger partial charge in [0.05, 0.1) is 11.6 Å². The van der Waals surface area contributed by atoms with Gasteiger partial charge in [-0.3, -0.25) is 0 Å². The van der Waals surface area contributed by atoms with Crippen molar-refractivity contribution < 1.29 is 13.9 Å². The van der Waals surface area contributed by atoms with E-state index in [0.717, 1.165) is 16.7 Å². The number of aryl methyl sites for hydroxylation is 1. The third-order valence-electron chi connectivity index (χ3n) is 4.45. The molecule has 0 aliphatic heterocycles. The number of rotatable bonds is 6. The van der Waals surface area contributed by atoms with E-state index in [1.807, 2.05) is 19.1 Å². The lowest BCUT2D eigenvalue weighted by Gasteiger charge is -2.14. The van der Waals surface area contributed by atoms with Gasteiger partial charge in [0.25, 0.3) is 0 Å². The lowest BCUT2D eigenvalue weighted by molar-refractivity contribution is 0.282. The van der Waals surface area contributed by atoms with Crippen LogP contribution in [-0.2, 0) is 6.61 Å². The Bertz CT molecular complexity index is 1170. The molecule has 8 heteroatoms. The molecule has 0 fully saturated rings. The van der Waals surface area contributed by atoms with E-state index in [1.165, 1.54) is 0 Å². The van der Waals surface area contributed by atoms with Gasteiger partial charge in [-0.25, -0.2) is 4.99 Å². The second kappa shape index (κ2) is 9.57. The molecule has 0 amide bonds. The molecular formula is C22H17BrCl2N2O3. The zero-order chi connectivity index (χ0) is 21.8. The van der Waals surface area contributed by atoms with Crippen LogP contribution in [0.1, 0.15) is 28.0 Å². The predicted octanol–water partition coefficient (Wildman–Crippen LogP) is 7.18. The molecule has 5 nitrogen and oxygen atoms in total. The molecule has 0 aliphatic rings. The van der Waals surface area contributed by atoms with Crippen molar-refractivity contribution in [2.45, 2.75) is 20.5 Å². The fourth-order valence-corrected chi connectivity index (χ4v) is 3.75. The van der Waals surface area contributed by atoms with Gasteiger partial charge < -0.3 is 13.9 Å². The summed E-state index contributed by atoms with van der Waals surface area (Å²) in [7, 11) is 1.55. The van der Waals surface area contributed by atoms with E-state index in [9.17, 15) is 5.26 Å². The van der Waals surface area contributed by atoms with Crippen LogP contribution in [-0.4, -0.2) is 13.3 Å². The zero-order valence-corrected chi connectivity index (χ0v) is 19.5. The summed E-state index contributed by atoms with van der Waals surface area (Å²) in [6.07, 6.45) is 1.60. The van der Waals surface area contributed by atoms with Crippen LogP contribution in [0.15, 0.2) is 44.2 Å². The highest BCUT2D eigenvalue weighted by atomic mass is 79.9. The summed E-state index contributed by atoms with van der Waals surface area (Å²) in [5, 5.41) is 10.4. The Morgan fingerprint density at radius 1 is 1.23 bits per heavy atom. The SMILES string of the molecule is COc1cc(C=Nc2oc(C)c(C)c2C#N)cc(Br)c1OCc1ccc(Cl)cc1Cl. The first-order chi connectivity index (χ1) is 14.3. The van der Waals surface area contributed by atoms with Gasteiger partial charge in [0.1, 0.15) is 24.0 Å². The summed E-state index contributed by atoms with van der Waals surface area (Å²) < 4.78 is 17.7. The van der Waals surface area contributed by atoms with Gasteiger partial charge in [-0.2, -0.15) is 5.26 Å². The molecular weight excluding hydrogens is 491 g/mol. The molecule has 0 aliphatic carbocycles. The van der Waals surface area contributed by atoms with Crippen molar-refractivity contribution in [1.29, 1.82) is 5.26 Å². The van der Waals surface area contributed by atoms with E-state index in [2.05, 4.69) is 27.0 Å². The predicted molar refractivity (Wildman–Crippen MR) is 122 cm³/mol. The molecule has 0 N–H and O–H groups in total. The van der Waals surface area contributed by atoms with Crippen LogP contribution >= 0.6 is 39.1 Å². The first-order valence-electron chi connectivity index (χ1n) is 8.82. The lowest BCUT2D eigenvalue weighted by atomic mass is 10.2. The minimum absolute atomic E-state index is 0.245. The fraction of sp³-hybridized carbons (Fsp3) is 0.182. The quantitative estimate of drug-likeness (QED) is 0.331. The van der Waals surface area contributed by atoms with Gasteiger partial charge in [-0.15, -0.1) is 0 Å². The Labute approximate surface area is 193 Å². The second-order valence-corrected chi connectivity index (χ2v) is 8.09. The first-order valence-corrected chi connectivity index (χ1v) is 10.4. The highest BCUT2D eigenvalue weighted by molar-refractivity contribution is 9.10. The van der Waals surface area contributed by atoms with E-state index < -0.39 is 0 Å². The Morgan fingerprint density at radius 3 is 2.67 bits per heavy atom. The lowest BCUT2D eigenvalue weighted by Crippen LogP contribution is -2.00. The van der Waals surface area contributed by atoms with Crippen LogP contribution < -0.4 is 9.47 Å². The highest BCUT2D eigenvalue weighted by Crippen LogP contribution is 2.37. The molecule has 154 valence electrons. The number of nitrogens with zero attached hydrogens (tertiary/aromatic N) is 2. The number of aliphatic imine (C=N–C) groups is 1. The van der Waals surface area contributed by atoms with Crippen molar-refractivity contribution in [2.24, 2.45) is 4.99 Å². The molecule has 0 saturated heterocycles. The van der Waals surface area contributed by atoms with Gasteiger partial charge in [0, 0.05) is 27.4 Å². The van der Waals surface area contributed by atoms with E-state index in [1.54, 1.807) is 38.4 Å². The maximum absolute atomic E-state index is 9.32. The van der Waals surface area contributed by atoms with Crippen LogP contribution in [0, 0.1) is 25.2 Å². The van der Waals surface area contributed by atoms with Gasteiger partial charge >= 0.3 is 0 Å². The van der Waals surface area contributed by atoms with Crippen LogP contribution in [0.5, 0.6) is 11.5 Å². The monoisotopic (exact) mass is 506 g/mol. The van der Waals surface area contributed by atoms with Crippen molar-refractivity contribution in [1.82, 2.24) is 0 Å². The number of nitriles is 1. The normalized spacial score (nSPS) is 11.0. The average Bonchev–Trinajstić information content (AvgIpc) is 2.99. The second-order valence-electron chi connectivity index (χ2n) is 6.39. The molecule has 0 atom stereocenters. The number of hydrogen-bond acceptors (Lipinski definition) is 5. The van der Waals surface area contributed by atoms with Crippen molar-refractivity contribution in [2.75, 3.05) is 7.11 Å². The number of halogens is 3. The van der Waals surface area contributed by atoms with E-state index >= 15 is 0 Å². The number of ether oxygens (including phenoxy) is 2. The summed E-state index contributed by atoms with van der Waals surface area (Å²) in [5.41, 5.74) is 2.75. The third kappa shape index (κ3) is 4.81. The molecule has 0 unspecified atom stereocenters. The van der Waals surface area contributed by atoms with Crippen molar-refractivity contribution >= 4 is 51.2 Å². The largest absolute Gasteiger partial charge is 0.493 e. The molecule has 3 aromatic rings. The van der Waals surface area contributed by atoms with E-state index in [4.69, 9.17) is 37.1 Å². The Morgan fingerprint density at radius 2 is 2.00 bits per heavy atom. The molecule has 30 heavy (non-hydrogen) atoms. The summed E-state index contributed by atoms with van der Waals surface area (Å²) in [6.45, 7) is 3.87. The Kier molecular flexibility index (Phi) is 7.09. The maximum atomic E-state index is 9.32. The maximum Gasteiger partial charge on any atom is 0.237 e. The average molecular weight is 508 g/mol. The number of methoxy groups -OCH3 is 1. The molecule has 0 radical (unpaired) electrons. The summed E-state index contributed by atoms with van der Waals surface area (Å²) in [4.78, 5) is 4.33. The van der Waals surface area contributed by atoms with Crippen molar-refractivity contribution in [3.8, 4) is 17.6 Å². The topological polar surface area (TPSA) is 67.8 Å². The third-order valence-corrected chi connectivity index (χ3v) is 5.62. The van der Waals surface area contributed by atoms with Crippen LogP contribution in [0.25, 0.3) is 0 Å². The molecule has 0 bridgehead atoms. The van der Waals surface area contributed by atoms with Crippen LogP contribution in [0.3, 0.4) is 0 Å². The molecule has 2 aromatic carbocycles. The summed E-state index contributed by atoms with van der Waals surface area (Å²) >= 11 is 15.7. The Hall–Kier alpha value is -2.46. The van der Waals surface area contributed by atoms with Gasteiger partial charge in [0.15, 0.2) is 11.5 Å². The summed E-state index contributed by atoms with van der Waals surface area (Å²) in [5.74, 6) is 1.99. The van der Waals surface area contributed by atoms with E-state index in [-0.39, 0.29) is 12.5 Å². The summed E-state index contributed by atoms with van der Waals surface area (Å²) in [6, 6.07) is 11.0. The van der Waals surface area contributed by atoms with E-state index in [0.29, 0.717) is 37.3 Å². The van der Waals surface area contributed by atoms with Gasteiger partial charge in [-0.1, -0.05) is 29.3 Å². The van der Waals surface area contributed by atoms with Gasteiger partial charge in [0.2, 0.25) is 5.88 Å². The van der Waals surface area contributed by atoms with Crippen molar-refractivity contribution in [3.05, 3.63) is 72.9 Å². The number of benzene rings is 2. The minimum Gasteiger partial charge on any atom is -0.493 e. The molecule has 1 heterocycles. The van der Waals surface area contributed by atoms with Crippen LogP contribution in [0.4, 0.5) is 5.88 Å². The van der Waals surface area contributed by atoms with Gasteiger partial charge in [-0.05, 0) is 59.6 Å². The molecule has 0 saturated carbocycles. The molecule has 0 spiro atoms. The number of hydrogen-bond donors (Lipinski definition) is 0. The molecule has 1 aromatic heterocycles. The first kappa shape index (κ1) is 22.2. The minimum atomic E-state index is 0.245. The van der Waals surface area contributed by atoms with Crippen LogP contribution in [0.2, 0.25) is 10.0 Å². The zero-order valence-electron chi connectivity index (χ0n) is 16.4.